The van der Waals surface area contributed by atoms with E-state index in [1.54, 1.807) is 0 Å². The summed E-state index contributed by atoms with van der Waals surface area (Å²) in [5.74, 6) is 0.721. The average Bonchev–Trinajstić information content (AvgIpc) is 2.46. The lowest BCUT2D eigenvalue weighted by Gasteiger charge is -2.23. The lowest BCUT2D eigenvalue weighted by molar-refractivity contribution is -0.125. The van der Waals surface area contributed by atoms with E-state index in [4.69, 9.17) is 0 Å². The number of carbonyl (C=O) groups excluding carboxylic acids is 1. The van der Waals surface area contributed by atoms with Gasteiger partial charge in [-0.15, -0.1) is 12.4 Å². The fourth-order valence-corrected chi connectivity index (χ4v) is 2.37. The zero-order valence-corrected chi connectivity index (χ0v) is 12.2. The molecule has 1 aromatic rings. The van der Waals surface area contributed by atoms with Crippen molar-refractivity contribution in [3.8, 4) is 0 Å². The average molecular weight is 283 g/mol. The van der Waals surface area contributed by atoms with Crippen molar-refractivity contribution in [2.45, 2.75) is 25.7 Å². The second-order valence-corrected chi connectivity index (χ2v) is 5.10. The van der Waals surface area contributed by atoms with Gasteiger partial charge >= 0.3 is 0 Å². The molecule has 1 aromatic carbocycles. The number of hydrogen-bond donors (Lipinski definition) is 2. The van der Waals surface area contributed by atoms with Crippen molar-refractivity contribution in [2.75, 3.05) is 19.6 Å². The quantitative estimate of drug-likeness (QED) is 0.890. The van der Waals surface area contributed by atoms with Crippen molar-refractivity contribution in [2.24, 2.45) is 5.92 Å². The molecule has 0 spiro atoms. The zero-order chi connectivity index (χ0) is 12.8. The smallest absolute Gasteiger partial charge is 0.224 e. The first-order chi connectivity index (χ1) is 8.77. The van der Waals surface area contributed by atoms with E-state index in [-0.39, 0.29) is 24.2 Å². The largest absolute Gasteiger partial charge is 0.355 e. The van der Waals surface area contributed by atoms with Gasteiger partial charge in [-0.25, -0.2) is 0 Å². The summed E-state index contributed by atoms with van der Waals surface area (Å²) < 4.78 is 0. The van der Waals surface area contributed by atoms with E-state index in [1.165, 1.54) is 5.56 Å². The van der Waals surface area contributed by atoms with E-state index in [0.717, 1.165) is 32.5 Å². The Balaban J connectivity index is 0.00000180. The standard InChI is InChI=1S/C15H22N2O.ClH/c1-12(13-6-3-2-4-7-13)10-17-15(18)14-8-5-9-16-11-14;/h2-4,6-7,12,14,16H,5,8-11H2,1H3,(H,17,18);1H/t12-,14-;/m0./s1. The van der Waals surface area contributed by atoms with Gasteiger partial charge in [0.25, 0.3) is 0 Å². The van der Waals surface area contributed by atoms with Crippen molar-refractivity contribution in [1.29, 1.82) is 0 Å². The summed E-state index contributed by atoms with van der Waals surface area (Å²) in [5, 5.41) is 6.35. The number of amides is 1. The number of piperidine rings is 1. The van der Waals surface area contributed by atoms with E-state index in [0.29, 0.717) is 5.92 Å². The van der Waals surface area contributed by atoms with Gasteiger partial charge in [-0.1, -0.05) is 37.3 Å². The first-order valence-corrected chi connectivity index (χ1v) is 6.80. The minimum atomic E-state index is 0. The number of nitrogens with one attached hydrogen (secondary N) is 2. The van der Waals surface area contributed by atoms with Gasteiger partial charge in [-0.2, -0.15) is 0 Å². The minimum Gasteiger partial charge on any atom is -0.355 e. The van der Waals surface area contributed by atoms with Crippen LogP contribution in [0.15, 0.2) is 30.3 Å². The van der Waals surface area contributed by atoms with Crippen LogP contribution in [-0.2, 0) is 4.79 Å². The summed E-state index contributed by atoms with van der Waals surface area (Å²) in [5.41, 5.74) is 1.28. The number of halogens is 1. The van der Waals surface area contributed by atoms with Crippen molar-refractivity contribution >= 4 is 18.3 Å². The summed E-state index contributed by atoms with van der Waals surface area (Å²) in [4.78, 5) is 12.0. The molecule has 1 fully saturated rings. The molecule has 1 saturated heterocycles. The molecule has 2 N–H and O–H groups in total. The van der Waals surface area contributed by atoms with Gasteiger partial charge in [0.1, 0.15) is 0 Å². The molecule has 0 aliphatic carbocycles. The summed E-state index contributed by atoms with van der Waals surface area (Å²) >= 11 is 0. The predicted molar refractivity (Wildman–Crippen MR) is 80.7 cm³/mol. The Morgan fingerprint density at radius 2 is 2.16 bits per heavy atom. The minimum absolute atomic E-state index is 0. The molecule has 3 nitrogen and oxygen atoms in total. The topological polar surface area (TPSA) is 41.1 Å². The molecule has 1 amide bonds. The predicted octanol–water partition coefficient (Wildman–Crippen LogP) is 2.33. The Morgan fingerprint density at radius 1 is 1.42 bits per heavy atom. The van der Waals surface area contributed by atoms with Crippen LogP contribution < -0.4 is 10.6 Å². The lowest BCUT2D eigenvalue weighted by atomic mass is 9.97. The lowest BCUT2D eigenvalue weighted by Crippen LogP contribution is -2.41. The number of rotatable bonds is 4. The zero-order valence-electron chi connectivity index (χ0n) is 11.4. The van der Waals surface area contributed by atoms with Gasteiger partial charge in [0.15, 0.2) is 0 Å². The third-order valence-electron chi connectivity index (χ3n) is 3.62. The highest BCUT2D eigenvalue weighted by molar-refractivity contribution is 5.85. The highest BCUT2D eigenvalue weighted by Gasteiger charge is 2.20. The van der Waals surface area contributed by atoms with Crippen LogP contribution in [0.1, 0.15) is 31.2 Å². The Labute approximate surface area is 121 Å². The van der Waals surface area contributed by atoms with Gasteiger partial charge < -0.3 is 10.6 Å². The summed E-state index contributed by atoms with van der Waals surface area (Å²) in [7, 11) is 0. The van der Waals surface area contributed by atoms with Crippen LogP contribution in [0, 0.1) is 5.92 Å². The molecule has 0 radical (unpaired) electrons. The maximum Gasteiger partial charge on any atom is 0.224 e. The molecule has 2 rings (SSSR count). The molecule has 0 aromatic heterocycles. The Bertz CT molecular complexity index is 377. The Morgan fingerprint density at radius 3 is 2.79 bits per heavy atom. The van der Waals surface area contributed by atoms with Gasteiger partial charge in [-0.05, 0) is 30.9 Å². The van der Waals surface area contributed by atoms with Crippen LogP contribution in [-0.4, -0.2) is 25.5 Å². The molecule has 0 saturated carbocycles. The molecule has 4 heteroatoms. The van der Waals surface area contributed by atoms with Crippen LogP contribution in [0.4, 0.5) is 0 Å². The molecule has 2 atom stereocenters. The first-order valence-electron chi connectivity index (χ1n) is 6.80. The second-order valence-electron chi connectivity index (χ2n) is 5.10. The van der Waals surface area contributed by atoms with Crippen molar-refractivity contribution in [3.05, 3.63) is 35.9 Å². The molecule has 1 aliphatic heterocycles. The SMILES string of the molecule is C[C@@H](CNC(=O)[C@H]1CCCNC1)c1ccccc1.Cl. The van der Waals surface area contributed by atoms with E-state index in [2.05, 4.69) is 29.7 Å². The first kappa shape index (κ1) is 16.0. The monoisotopic (exact) mass is 282 g/mol. The summed E-state index contributed by atoms with van der Waals surface area (Å²) in [6, 6.07) is 10.3. The van der Waals surface area contributed by atoms with E-state index in [9.17, 15) is 4.79 Å². The van der Waals surface area contributed by atoms with Crippen LogP contribution in [0.3, 0.4) is 0 Å². The maximum atomic E-state index is 12.0. The molecule has 1 heterocycles. The van der Waals surface area contributed by atoms with Gasteiger partial charge in [0.05, 0.1) is 5.92 Å². The highest BCUT2D eigenvalue weighted by Crippen LogP contribution is 2.14. The second kappa shape index (κ2) is 8.18. The van der Waals surface area contributed by atoms with Crippen molar-refractivity contribution in [1.82, 2.24) is 10.6 Å². The van der Waals surface area contributed by atoms with Gasteiger partial charge in [0.2, 0.25) is 5.91 Å². The third-order valence-corrected chi connectivity index (χ3v) is 3.62. The van der Waals surface area contributed by atoms with Crippen molar-refractivity contribution in [3.63, 3.8) is 0 Å². The van der Waals surface area contributed by atoms with Gasteiger partial charge in [-0.3, -0.25) is 4.79 Å². The van der Waals surface area contributed by atoms with Crippen LogP contribution >= 0.6 is 12.4 Å². The van der Waals surface area contributed by atoms with Crippen molar-refractivity contribution < 1.29 is 4.79 Å². The summed E-state index contributed by atoms with van der Waals surface area (Å²) in [6.07, 6.45) is 2.12. The Hall–Kier alpha value is -1.06. The molecule has 0 unspecified atom stereocenters. The fraction of sp³-hybridized carbons (Fsp3) is 0.533. The molecule has 19 heavy (non-hydrogen) atoms. The third kappa shape index (κ3) is 4.84. The normalized spacial score (nSPS) is 20.2. The van der Waals surface area contributed by atoms with Crippen LogP contribution in [0.5, 0.6) is 0 Å². The van der Waals surface area contributed by atoms with Gasteiger partial charge in [0, 0.05) is 13.1 Å². The van der Waals surface area contributed by atoms with Crippen LogP contribution in [0.25, 0.3) is 0 Å². The van der Waals surface area contributed by atoms with E-state index < -0.39 is 0 Å². The van der Waals surface area contributed by atoms with E-state index >= 15 is 0 Å². The summed E-state index contributed by atoms with van der Waals surface area (Å²) in [6.45, 7) is 4.74. The maximum absolute atomic E-state index is 12.0. The number of hydrogen-bond acceptors (Lipinski definition) is 2. The number of carbonyl (C=O) groups is 1. The molecule has 106 valence electrons. The molecular formula is C15H23ClN2O. The molecule has 1 aliphatic rings. The van der Waals surface area contributed by atoms with E-state index in [1.807, 2.05) is 18.2 Å². The Kier molecular flexibility index (Phi) is 6.89. The highest BCUT2D eigenvalue weighted by atomic mass is 35.5. The molecule has 0 bridgehead atoms. The van der Waals surface area contributed by atoms with Crippen LogP contribution in [0.2, 0.25) is 0 Å². The fourth-order valence-electron chi connectivity index (χ4n) is 2.37. The number of benzene rings is 1. The molecular weight excluding hydrogens is 260 g/mol.